The van der Waals surface area contributed by atoms with Crippen molar-refractivity contribution in [2.45, 2.75) is 25.3 Å². The highest BCUT2D eigenvalue weighted by Gasteiger charge is 2.47. The number of rotatable bonds is 4. The summed E-state index contributed by atoms with van der Waals surface area (Å²) in [6.45, 7) is 4.45. The third-order valence-electron chi connectivity index (χ3n) is 5.20. The van der Waals surface area contributed by atoms with Gasteiger partial charge in [0, 0.05) is 57.5 Å². The van der Waals surface area contributed by atoms with Crippen molar-refractivity contribution < 1.29 is 9.21 Å². The number of amides is 1. The summed E-state index contributed by atoms with van der Waals surface area (Å²) in [7, 11) is 2.03. The first-order valence-corrected chi connectivity index (χ1v) is 8.73. The van der Waals surface area contributed by atoms with Crippen molar-refractivity contribution in [3.05, 3.63) is 42.4 Å². The van der Waals surface area contributed by atoms with Crippen molar-refractivity contribution in [3.8, 4) is 0 Å². The predicted molar refractivity (Wildman–Crippen MR) is 89.2 cm³/mol. The highest BCUT2D eigenvalue weighted by molar-refractivity contribution is 5.82. The fraction of sp³-hybridized carbons (Fsp3) is 0.556. The van der Waals surface area contributed by atoms with Crippen LogP contribution in [0.3, 0.4) is 0 Å². The Morgan fingerprint density at radius 1 is 1.33 bits per heavy atom. The van der Waals surface area contributed by atoms with Crippen LogP contribution in [0.5, 0.6) is 0 Å². The van der Waals surface area contributed by atoms with Crippen molar-refractivity contribution in [2.24, 2.45) is 13.0 Å². The molecule has 4 rings (SSSR count). The van der Waals surface area contributed by atoms with Crippen LogP contribution in [-0.2, 0) is 18.4 Å². The Hall–Kier alpha value is -2.08. The van der Waals surface area contributed by atoms with Gasteiger partial charge in [-0.05, 0) is 25.0 Å². The zero-order valence-electron chi connectivity index (χ0n) is 14.1. The van der Waals surface area contributed by atoms with E-state index in [-0.39, 0.29) is 5.92 Å². The number of aromatic nitrogens is 2. The molecule has 3 heterocycles. The Bertz CT molecular complexity index is 694. The first-order chi connectivity index (χ1) is 11.7. The second-order valence-corrected chi connectivity index (χ2v) is 6.87. The molecule has 0 bridgehead atoms. The summed E-state index contributed by atoms with van der Waals surface area (Å²) in [5.74, 6) is 2.75. The molecule has 1 saturated carbocycles. The van der Waals surface area contributed by atoms with E-state index in [9.17, 15) is 4.79 Å². The molecular formula is C18H24N4O2. The molecule has 6 heteroatoms. The molecule has 128 valence electrons. The molecule has 24 heavy (non-hydrogen) atoms. The zero-order valence-corrected chi connectivity index (χ0v) is 14.1. The van der Waals surface area contributed by atoms with Crippen LogP contribution in [-0.4, -0.2) is 51.4 Å². The van der Waals surface area contributed by atoms with E-state index in [0.717, 1.165) is 57.2 Å². The van der Waals surface area contributed by atoms with Gasteiger partial charge in [-0.2, -0.15) is 0 Å². The number of carbonyl (C=O) groups is 1. The number of nitrogens with zero attached hydrogens (tertiary/aromatic N) is 4. The molecule has 1 aliphatic heterocycles. The number of aryl methyl sites for hydroxylation is 1. The molecule has 0 N–H and O–H groups in total. The Labute approximate surface area is 142 Å². The minimum atomic E-state index is 0.122. The smallest absolute Gasteiger partial charge is 0.226 e. The summed E-state index contributed by atoms with van der Waals surface area (Å²) < 4.78 is 7.51. The van der Waals surface area contributed by atoms with Gasteiger partial charge in [-0.25, -0.2) is 4.98 Å². The minimum absolute atomic E-state index is 0.122. The van der Waals surface area contributed by atoms with Crippen LogP contribution in [0.25, 0.3) is 0 Å². The number of hydrogen-bond donors (Lipinski definition) is 0. The molecule has 0 unspecified atom stereocenters. The molecule has 2 fully saturated rings. The highest BCUT2D eigenvalue weighted by atomic mass is 16.3. The Balaban J connectivity index is 1.32. The van der Waals surface area contributed by atoms with Gasteiger partial charge in [0.05, 0.1) is 12.8 Å². The number of hydrogen-bond acceptors (Lipinski definition) is 4. The molecule has 2 atom stereocenters. The summed E-state index contributed by atoms with van der Waals surface area (Å²) in [4.78, 5) is 21.6. The normalized spacial score (nSPS) is 24.8. The molecule has 0 spiro atoms. The van der Waals surface area contributed by atoms with Gasteiger partial charge in [-0.3, -0.25) is 9.69 Å². The van der Waals surface area contributed by atoms with Crippen LogP contribution < -0.4 is 0 Å². The number of carbonyl (C=O) groups excluding carboxylic acids is 1. The van der Waals surface area contributed by atoms with E-state index in [1.54, 1.807) is 6.26 Å². The molecule has 1 amide bonds. The Kier molecular flexibility index (Phi) is 4.14. The maximum absolute atomic E-state index is 12.7. The van der Waals surface area contributed by atoms with Gasteiger partial charge in [-0.15, -0.1) is 0 Å². The average molecular weight is 328 g/mol. The average Bonchev–Trinajstić information content (AvgIpc) is 3.10. The lowest BCUT2D eigenvalue weighted by Crippen LogP contribution is -2.36. The van der Waals surface area contributed by atoms with Crippen LogP contribution in [0.15, 0.2) is 35.2 Å². The lowest BCUT2D eigenvalue weighted by molar-refractivity contribution is -0.132. The van der Waals surface area contributed by atoms with Crippen LogP contribution in [0.4, 0.5) is 0 Å². The van der Waals surface area contributed by atoms with Crippen molar-refractivity contribution in [1.82, 2.24) is 19.4 Å². The van der Waals surface area contributed by atoms with E-state index in [1.807, 2.05) is 36.5 Å². The van der Waals surface area contributed by atoms with E-state index in [2.05, 4.69) is 14.5 Å². The van der Waals surface area contributed by atoms with Gasteiger partial charge in [0.1, 0.15) is 11.6 Å². The first-order valence-electron chi connectivity index (χ1n) is 8.73. The van der Waals surface area contributed by atoms with Crippen LogP contribution in [0, 0.1) is 5.92 Å². The van der Waals surface area contributed by atoms with E-state index in [0.29, 0.717) is 11.8 Å². The lowest BCUT2D eigenvalue weighted by Gasteiger charge is -2.22. The maximum atomic E-state index is 12.7. The quantitative estimate of drug-likeness (QED) is 0.859. The molecule has 1 saturated heterocycles. The molecule has 2 aromatic heterocycles. The summed E-state index contributed by atoms with van der Waals surface area (Å²) in [5.41, 5.74) is 0. The zero-order chi connectivity index (χ0) is 16.5. The van der Waals surface area contributed by atoms with Gasteiger partial charge in [0.15, 0.2) is 0 Å². The first kappa shape index (κ1) is 15.4. The van der Waals surface area contributed by atoms with Gasteiger partial charge in [-0.1, -0.05) is 0 Å². The number of furan rings is 1. The second-order valence-electron chi connectivity index (χ2n) is 6.87. The van der Waals surface area contributed by atoms with E-state index in [4.69, 9.17) is 4.42 Å². The summed E-state index contributed by atoms with van der Waals surface area (Å²) >= 11 is 0. The van der Waals surface area contributed by atoms with Crippen molar-refractivity contribution in [2.75, 3.05) is 26.2 Å². The Morgan fingerprint density at radius 2 is 2.25 bits per heavy atom. The fourth-order valence-electron chi connectivity index (χ4n) is 3.62. The lowest BCUT2D eigenvalue weighted by atomic mass is 10.2. The molecule has 6 nitrogen and oxygen atoms in total. The van der Waals surface area contributed by atoms with Crippen LogP contribution in [0.1, 0.15) is 30.3 Å². The molecule has 2 aromatic rings. The van der Waals surface area contributed by atoms with Gasteiger partial charge in [0.25, 0.3) is 0 Å². The second kappa shape index (κ2) is 6.43. The van der Waals surface area contributed by atoms with Crippen molar-refractivity contribution >= 4 is 5.91 Å². The molecule has 1 aliphatic carbocycles. The van der Waals surface area contributed by atoms with Crippen LogP contribution >= 0.6 is 0 Å². The van der Waals surface area contributed by atoms with Gasteiger partial charge >= 0.3 is 0 Å². The molecular weight excluding hydrogens is 304 g/mol. The highest BCUT2D eigenvalue weighted by Crippen LogP contribution is 2.48. The predicted octanol–water partition coefficient (Wildman–Crippen LogP) is 1.85. The molecule has 0 aromatic carbocycles. The number of imidazole rings is 1. The van der Waals surface area contributed by atoms with Crippen molar-refractivity contribution in [1.29, 1.82) is 0 Å². The Morgan fingerprint density at radius 3 is 3.00 bits per heavy atom. The standard InChI is InChI=1S/C18H24N4O2/c1-20-8-5-19-17(20)13-21-6-3-7-22(10-9-21)18(23)15-12-14(15)16-4-2-11-24-16/h2,4-5,8,11,14-15H,3,6-7,9-10,12-13H2,1H3/t14-,15+/m0/s1. The van der Waals surface area contributed by atoms with E-state index < -0.39 is 0 Å². The third kappa shape index (κ3) is 3.11. The largest absolute Gasteiger partial charge is 0.469 e. The van der Waals surface area contributed by atoms with E-state index >= 15 is 0 Å². The molecule has 2 aliphatic rings. The third-order valence-corrected chi connectivity index (χ3v) is 5.20. The van der Waals surface area contributed by atoms with E-state index in [1.165, 1.54) is 0 Å². The fourth-order valence-corrected chi connectivity index (χ4v) is 3.62. The summed E-state index contributed by atoms with van der Waals surface area (Å²) in [5, 5.41) is 0. The van der Waals surface area contributed by atoms with Crippen molar-refractivity contribution in [3.63, 3.8) is 0 Å². The topological polar surface area (TPSA) is 54.5 Å². The maximum Gasteiger partial charge on any atom is 0.226 e. The van der Waals surface area contributed by atoms with Gasteiger partial charge < -0.3 is 13.9 Å². The van der Waals surface area contributed by atoms with Crippen LogP contribution in [0.2, 0.25) is 0 Å². The minimum Gasteiger partial charge on any atom is -0.469 e. The summed E-state index contributed by atoms with van der Waals surface area (Å²) in [6, 6.07) is 3.88. The SMILES string of the molecule is Cn1ccnc1CN1CCCN(C(=O)[C@@H]2C[C@@H]2c2ccco2)CC1. The van der Waals surface area contributed by atoms with Gasteiger partial charge in [0.2, 0.25) is 5.91 Å². The summed E-state index contributed by atoms with van der Waals surface area (Å²) in [6.07, 6.45) is 7.46. The monoisotopic (exact) mass is 328 g/mol. The molecule has 0 radical (unpaired) electrons.